The molecule has 8 heteroatoms. The fraction of sp³-hybridized carbons (Fsp3) is 0.350. The Kier molecular flexibility index (Phi) is 4.77. The van der Waals surface area contributed by atoms with Crippen molar-refractivity contribution >= 4 is 11.8 Å². The van der Waals surface area contributed by atoms with E-state index in [0.717, 1.165) is 0 Å². The molecule has 1 aromatic heterocycles. The third-order valence-corrected chi connectivity index (χ3v) is 4.81. The van der Waals surface area contributed by atoms with Crippen molar-refractivity contribution in [2.24, 2.45) is 0 Å². The number of para-hydroxylation sites is 2. The highest BCUT2D eigenvalue weighted by Crippen LogP contribution is 2.35. The molecule has 8 nitrogen and oxygen atoms in total. The second-order valence-corrected chi connectivity index (χ2v) is 6.75. The van der Waals surface area contributed by atoms with E-state index in [2.05, 4.69) is 5.32 Å². The van der Waals surface area contributed by atoms with E-state index in [1.807, 2.05) is 12.1 Å². The molecular formula is C20H20N2O6. The van der Waals surface area contributed by atoms with Crippen molar-refractivity contribution in [1.29, 1.82) is 0 Å². The predicted octanol–water partition coefficient (Wildman–Crippen LogP) is 1.42. The minimum Gasteiger partial charge on any atom is -0.485 e. The van der Waals surface area contributed by atoms with Gasteiger partial charge in [0.2, 0.25) is 5.91 Å². The van der Waals surface area contributed by atoms with Gasteiger partial charge in [-0.15, -0.1) is 0 Å². The van der Waals surface area contributed by atoms with Gasteiger partial charge in [0.1, 0.15) is 12.2 Å². The molecular weight excluding hydrogens is 364 g/mol. The van der Waals surface area contributed by atoms with Gasteiger partial charge in [0.15, 0.2) is 23.4 Å². The Labute approximate surface area is 161 Å². The van der Waals surface area contributed by atoms with Crippen LogP contribution in [-0.4, -0.2) is 43.0 Å². The second kappa shape index (κ2) is 7.38. The summed E-state index contributed by atoms with van der Waals surface area (Å²) in [5.41, 5.74) is -0.233. The van der Waals surface area contributed by atoms with Gasteiger partial charge in [0.05, 0.1) is 0 Å². The van der Waals surface area contributed by atoms with E-state index in [-0.39, 0.29) is 31.0 Å². The second-order valence-electron chi connectivity index (χ2n) is 6.75. The molecule has 4 rings (SSSR count). The van der Waals surface area contributed by atoms with E-state index in [1.165, 1.54) is 4.90 Å². The molecule has 0 saturated carbocycles. The van der Waals surface area contributed by atoms with E-state index < -0.39 is 17.6 Å². The van der Waals surface area contributed by atoms with E-state index >= 15 is 0 Å². The standard InChI is InChI=1S/C20H20N2O6/c1-12-10-15(16-11-26-13-4-2-3-5-14(13)27-16)28-20(25)18(12)19(24)22-8-6-17(23)21-7-9-22/h2-5,10,16H,6-9,11H2,1H3,(H,21,23). The van der Waals surface area contributed by atoms with Crippen LogP contribution >= 0.6 is 0 Å². The molecule has 0 spiro atoms. The van der Waals surface area contributed by atoms with Crippen LogP contribution in [0.4, 0.5) is 0 Å². The predicted molar refractivity (Wildman–Crippen MR) is 98.6 cm³/mol. The average Bonchev–Trinajstić information content (AvgIpc) is 2.91. The number of benzene rings is 1. The number of rotatable bonds is 2. The highest BCUT2D eigenvalue weighted by atomic mass is 16.6. The van der Waals surface area contributed by atoms with Crippen molar-refractivity contribution in [1.82, 2.24) is 10.2 Å². The molecule has 146 valence electrons. The molecule has 2 aromatic rings. The fourth-order valence-corrected chi connectivity index (χ4v) is 3.34. The van der Waals surface area contributed by atoms with Gasteiger partial charge < -0.3 is 24.1 Å². The highest BCUT2D eigenvalue weighted by molar-refractivity contribution is 5.95. The summed E-state index contributed by atoms with van der Waals surface area (Å²) in [4.78, 5) is 38.4. The van der Waals surface area contributed by atoms with Crippen molar-refractivity contribution in [3.8, 4) is 11.5 Å². The van der Waals surface area contributed by atoms with Gasteiger partial charge in [-0.1, -0.05) is 12.1 Å². The maximum atomic E-state index is 12.8. The van der Waals surface area contributed by atoms with Gasteiger partial charge in [0.25, 0.3) is 5.91 Å². The molecule has 28 heavy (non-hydrogen) atoms. The first kappa shape index (κ1) is 18.1. The molecule has 1 saturated heterocycles. The third-order valence-electron chi connectivity index (χ3n) is 4.81. The quantitative estimate of drug-likeness (QED) is 0.841. The average molecular weight is 384 g/mol. The van der Waals surface area contributed by atoms with Gasteiger partial charge >= 0.3 is 5.63 Å². The number of hydrogen-bond donors (Lipinski definition) is 1. The fourth-order valence-electron chi connectivity index (χ4n) is 3.34. The largest absolute Gasteiger partial charge is 0.485 e. The molecule has 0 bridgehead atoms. The molecule has 1 atom stereocenters. The normalized spacial score (nSPS) is 19.0. The molecule has 2 aliphatic rings. The van der Waals surface area contributed by atoms with Crippen LogP contribution in [0.25, 0.3) is 0 Å². The zero-order valence-corrected chi connectivity index (χ0v) is 15.4. The van der Waals surface area contributed by atoms with Crippen LogP contribution in [0.5, 0.6) is 11.5 Å². The number of aryl methyl sites for hydroxylation is 1. The topological polar surface area (TPSA) is 98.1 Å². The van der Waals surface area contributed by atoms with Crippen molar-refractivity contribution in [3.63, 3.8) is 0 Å². The number of fused-ring (bicyclic) bond motifs is 1. The lowest BCUT2D eigenvalue weighted by Gasteiger charge is -2.26. The molecule has 0 radical (unpaired) electrons. The number of carbonyl (C=O) groups is 2. The molecule has 1 N–H and O–H groups in total. The highest BCUT2D eigenvalue weighted by Gasteiger charge is 2.29. The summed E-state index contributed by atoms with van der Waals surface area (Å²) >= 11 is 0. The molecule has 2 amide bonds. The van der Waals surface area contributed by atoms with E-state index in [1.54, 1.807) is 25.1 Å². The summed E-state index contributed by atoms with van der Waals surface area (Å²) in [7, 11) is 0. The third kappa shape index (κ3) is 3.45. The van der Waals surface area contributed by atoms with Gasteiger partial charge in [-0.25, -0.2) is 4.79 Å². The maximum Gasteiger partial charge on any atom is 0.349 e. The summed E-state index contributed by atoms with van der Waals surface area (Å²) < 4.78 is 17.0. The monoisotopic (exact) mass is 384 g/mol. The van der Waals surface area contributed by atoms with E-state index in [9.17, 15) is 14.4 Å². The molecule has 1 unspecified atom stereocenters. The van der Waals surface area contributed by atoms with Crippen LogP contribution in [0.3, 0.4) is 0 Å². The van der Waals surface area contributed by atoms with Gasteiger partial charge in [0, 0.05) is 26.1 Å². The van der Waals surface area contributed by atoms with Gasteiger partial charge in [-0.3, -0.25) is 9.59 Å². The summed E-state index contributed by atoms with van der Waals surface area (Å²) in [5, 5.41) is 2.71. The Bertz CT molecular complexity index is 983. The summed E-state index contributed by atoms with van der Waals surface area (Å²) in [6, 6.07) is 8.89. The van der Waals surface area contributed by atoms with Crippen LogP contribution in [0.15, 0.2) is 39.5 Å². The lowest BCUT2D eigenvalue weighted by Crippen LogP contribution is -2.37. The number of carbonyl (C=O) groups excluding carboxylic acids is 2. The molecule has 1 fully saturated rings. The number of nitrogens with one attached hydrogen (secondary N) is 1. The lowest BCUT2D eigenvalue weighted by molar-refractivity contribution is -0.120. The van der Waals surface area contributed by atoms with Crippen molar-refractivity contribution in [2.75, 3.05) is 26.2 Å². The molecule has 2 aliphatic heterocycles. The minimum atomic E-state index is -0.717. The van der Waals surface area contributed by atoms with Crippen LogP contribution < -0.4 is 20.4 Å². The molecule has 0 aliphatic carbocycles. The van der Waals surface area contributed by atoms with Crippen molar-refractivity contribution in [3.05, 3.63) is 57.6 Å². The van der Waals surface area contributed by atoms with Crippen LogP contribution in [0.2, 0.25) is 0 Å². The van der Waals surface area contributed by atoms with Crippen LogP contribution in [0, 0.1) is 6.92 Å². The van der Waals surface area contributed by atoms with Gasteiger partial charge in [-0.05, 0) is 30.7 Å². The number of hydrogen-bond acceptors (Lipinski definition) is 6. The summed E-state index contributed by atoms with van der Waals surface area (Å²) in [6.07, 6.45) is -0.369. The van der Waals surface area contributed by atoms with Crippen molar-refractivity contribution in [2.45, 2.75) is 19.4 Å². The Morgan fingerprint density at radius 1 is 1.18 bits per heavy atom. The number of amides is 2. The first-order valence-electron chi connectivity index (χ1n) is 9.12. The zero-order valence-electron chi connectivity index (χ0n) is 15.4. The van der Waals surface area contributed by atoms with Crippen molar-refractivity contribution < 1.29 is 23.5 Å². The van der Waals surface area contributed by atoms with Gasteiger partial charge in [-0.2, -0.15) is 0 Å². The zero-order chi connectivity index (χ0) is 19.7. The summed E-state index contributed by atoms with van der Waals surface area (Å²) in [5.74, 6) is 0.973. The minimum absolute atomic E-state index is 0.0183. The first-order chi connectivity index (χ1) is 13.5. The number of nitrogens with zero attached hydrogens (tertiary/aromatic N) is 1. The van der Waals surface area contributed by atoms with Crippen LogP contribution in [0.1, 0.15) is 34.2 Å². The Morgan fingerprint density at radius 2 is 1.96 bits per heavy atom. The molecule has 1 aromatic carbocycles. The van der Waals surface area contributed by atoms with E-state index in [4.69, 9.17) is 13.9 Å². The SMILES string of the molecule is Cc1cc(C2COc3ccccc3O2)oc(=O)c1C(=O)N1CCNC(=O)CC1. The van der Waals surface area contributed by atoms with E-state index in [0.29, 0.717) is 35.9 Å². The smallest absolute Gasteiger partial charge is 0.349 e. The maximum absolute atomic E-state index is 12.8. The lowest BCUT2D eigenvalue weighted by atomic mass is 10.1. The number of ether oxygens (including phenoxy) is 2. The molecule has 3 heterocycles. The Hall–Kier alpha value is -3.29. The Balaban J connectivity index is 1.58. The summed E-state index contributed by atoms with van der Waals surface area (Å²) in [6.45, 7) is 2.86. The van der Waals surface area contributed by atoms with Crippen LogP contribution in [-0.2, 0) is 4.79 Å². The Morgan fingerprint density at radius 3 is 2.75 bits per heavy atom. The first-order valence-corrected chi connectivity index (χ1v) is 9.12.